The normalized spacial score (nSPS) is 17.7. The smallest absolute Gasteiger partial charge is 0.319 e. The second-order valence-electron chi connectivity index (χ2n) is 6.55. The van der Waals surface area contributed by atoms with Gasteiger partial charge in [0.25, 0.3) is 0 Å². The minimum Gasteiger partial charge on any atom is -0.376 e. The van der Waals surface area contributed by atoms with Crippen LogP contribution in [0.4, 0.5) is 10.5 Å². The SMILES string of the molecule is CC1CN(Cc2cccc(CNC(=O)Nc3ccc(Cl)cc3)c2)CCO1. The molecule has 0 radical (unpaired) electrons. The molecule has 0 aromatic heterocycles. The Morgan fingerprint density at radius 3 is 2.77 bits per heavy atom. The van der Waals surface area contributed by atoms with E-state index in [4.69, 9.17) is 16.3 Å². The highest BCUT2D eigenvalue weighted by atomic mass is 35.5. The van der Waals surface area contributed by atoms with Crippen molar-refractivity contribution in [2.75, 3.05) is 25.0 Å². The lowest BCUT2D eigenvalue weighted by atomic mass is 10.1. The Kier molecular flexibility index (Phi) is 6.50. The van der Waals surface area contributed by atoms with E-state index < -0.39 is 0 Å². The maximum atomic E-state index is 12.0. The minimum atomic E-state index is -0.236. The van der Waals surface area contributed by atoms with Crippen LogP contribution in [-0.2, 0) is 17.8 Å². The van der Waals surface area contributed by atoms with Gasteiger partial charge in [-0.05, 0) is 42.3 Å². The van der Waals surface area contributed by atoms with Crippen LogP contribution in [0.2, 0.25) is 5.02 Å². The fraction of sp³-hybridized carbons (Fsp3) is 0.350. The lowest BCUT2D eigenvalue weighted by molar-refractivity contribution is -0.0212. The van der Waals surface area contributed by atoms with Crippen LogP contribution in [0, 0.1) is 0 Å². The van der Waals surface area contributed by atoms with Crippen LogP contribution in [0.5, 0.6) is 0 Å². The van der Waals surface area contributed by atoms with Crippen LogP contribution in [0.1, 0.15) is 18.1 Å². The van der Waals surface area contributed by atoms with Crippen molar-refractivity contribution >= 4 is 23.3 Å². The van der Waals surface area contributed by atoms with E-state index in [1.165, 1.54) is 5.56 Å². The highest BCUT2D eigenvalue weighted by Crippen LogP contribution is 2.14. The Hall–Kier alpha value is -2.08. The van der Waals surface area contributed by atoms with Crippen molar-refractivity contribution in [1.82, 2.24) is 10.2 Å². The molecule has 0 saturated carbocycles. The number of ether oxygens (including phenoxy) is 1. The molecular formula is C20H24ClN3O2. The summed E-state index contributed by atoms with van der Waals surface area (Å²) in [4.78, 5) is 14.4. The predicted molar refractivity (Wildman–Crippen MR) is 104 cm³/mol. The van der Waals surface area contributed by atoms with Gasteiger partial charge >= 0.3 is 6.03 Å². The van der Waals surface area contributed by atoms with Crippen molar-refractivity contribution in [3.8, 4) is 0 Å². The molecule has 0 bridgehead atoms. The number of carbonyl (C=O) groups is 1. The summed E-state index contributed by atoms with van der Waals surface area (Å²) in [7, 11) is 0. The standard InChI is InChI=1S/C20H24ClN3O2/c1-15-13-24(9-10-26-15)14-17-4-2-3-16(11-17)12-22-20(25)23-19-7-5-18(21)6-8-19/h2-8,11,15H,9-10,12-14H2,1H3,(H2,22,23,25). The average Bonchev–Trinajstić information content (AvgIpc) is 2.62. The highest BCUT2D eigenvalue weighted by molar-refractivity contribution is 6.30. The minimum absolute atomic E-state index is 0.236. The van der Waals surface area contributed by atoms with Crippen LogP contribution in [0.15, 0.2) is 48.5 Å². The third-order valence-electron chi connectivity index (χ3n) is 4.28. The van der Waals surface area contributed by atoms with Gasteiger partial charge in [-0.1, -0.05) is 35.9 Å². The van der Waals surface area contributed by atoms with E-state index in [1.54, 1.807) is 24.3 Å². The van der Waals surface area contributed by atoms with E-state index in [2.05, 4.69) is 34.6 Å². The lowest BCUT2D eigenvalue weighted by Crippen LogP contribution is -2.40. The van der Waals surface area contributed by atoms with Gasteiger partial charge in [-0.15, -0.1) is 0 Å². The van der Waals surface area contributed by atoms with Crippen molar-refractivity contribution < 1.29 is 9.53 Å². The molecule has 1 aliphatic rings. The van der Waals surface area contributed by atoms with E-state index in [-0.39, 0.29) is 12.1 Å². The summed E-state index contributed by atoms with van der Waals surface area (Å²) >= 11 is 5.84. The number of benzene rings is 2. The Labute approximate surface area is 159 Å². The number of hydrogen-bond donors (Lipinski definition) is 2. The van der Waals surface area contributed by atoms with Crippen molar-refractivity contribution in [2.45, 2.75) is 26.1 Å². The second kappa shape index (κ2) is 9.03. The number of amides is 2. The zero-order chi connectivity index (χ0) is 18.4. The third-order valence-corrected chi connectivity index (χ3v) is 4.53. The van der Waals surface area contributed by atoms with Crippen LogP contribution in [-0.4, -0.2) is 36.7 Å². The summed E-state index contributed by atoms with van der Waals surface area (Å²) in [6, 6.07) is 15.1. The average molecular weight is 374 g/mol. The Bertz CT molecular complexity index is 736. The van der Waals surface area contributed by atoms with Crippen molar-refractivity contribution in [3.05, 3.63) is 64.7 Å². The molecule has 3 rings (SSSR count). The monoisotopic (exact) mass is 373 g/mol. The lowest BCUT2D eigenvalue weighted by Gasteiger charge is -2.31. The summed E-state index contributed by atoms with van der Waals surface area (Å²) < 4.78 is 5.59. The molecule has 6 heteroatoms. The maximum absolute atomic E-state index is 12.0. The molecule has 2 N–H and O–H groups in total. The van der Waals surface area contributed by atoms with E-state index in [1.807, 2.05) is 12.1 Å². The van der Waals surface area contributed by atoms with E-state index in [0.717, 1.165) is 31.8 Å². The van der Waals surface area contributed by atoms with Crippen molar-refractivity contribution in [1.29, 1.82) is 0 Å². The Balaban J connectivity index is 1.50. The second-order valence-corrected chi connectivity index (χ2v) is 6.99. The van der Waals surface area contributed by atoms with Crippen LogP contribution in [0.3, 0.4) is 0 Å². The number of halogens is 1. The largest absolute Gasteiger partial charge is 0.376 e. The first kappa shape index (κ1) is 18.7. The summed E-state index contributed by atoms with van der Waals surface area (Å²) in [6.45, 7) is 6.17. The van der Waals surface area contributed by atoms with E-state index in [9.17, 15) is 4.79 Å². The third kappa shape index (κ3) is 5.73. The van der Waals surface area contributed by atoms with Crippen molar-refractivity contribution in [2.24, 2.45) is 0 Å². The predicted octanol–water partition coefficient (Wildman–Crippen LogP) is 3.88. The summed E-state index contributed by atoms with van der Waals surface area (Å²) in [5, 5.41) is 6.32. The van der Waals surface area contributed by atoms with Gasteiger partial charge in [0.15, 0.2) is 0 Å². The molecule has 1 fully saturated rings. The number of nitrogens with one attached hydrogen (secondary N) is 2. The number of carbonyl (C=O) groups excluding carboxylic acids is 1. The zero-order valence-corrected chi connectivity index (χ0v) is 15.6. The number of urea groups is 1. The Morgan fingerprint density at radius 2 is 2.00 bits per heavy atom. The molecule has 1 aliphatic heterocycles. The first-order chi connectivity index (χ1) is 12.6. The highest BCUT2D eigenvalue weighted by Gasteiger charge is 2.16. The van der Waals surface area contributed by atoms with Gasteiger partial charge in [-0.2, -0.15) is 0 Å². The summed E-state index contributed by atoms with van der Waals surface area (Å²) in [6.07, 6.45) is 0.283. The van der Waals surface area contributed by atoms with Gasteiger partial charge in [0.2, 0.25) is 0 Å². The molecular weight excluding hydrogens is 350 g/mol. The van der Waals surface area contributed by atoms with E-state index >= 15 is 0 Å². The van der Waals surface area contributed by atoms with Gasteiger partial charge in [-0.3, -0.25) is 4.90 Å². The summed E-state index contributed by atoms with van der Waals surface area (Å²) in [5.41, 5.74) is 3.04. The van der Waals surface area contributed by atoms with Crippen LogP contribution >= 0.6 is 11.6 Å². The fourth-order valence-corrected chi connectivity index (χ4v) is 3.15. The maximum Gasteiger partial charge on any atom is 0.319 e. The molecule has 0 aliphatic carbocycles. The van der Waals surface area contributed by atoms with Gasteiger partial charge < -0.3 is 15.4 Å². The fourth-order valence-electron chi connectivity index (χ4n) is 3.02. The van der Waals surface area contributed by atoms with E-state index in [0.29, 0.717) is 17.3 Å². The van der Waals surface area contributed by atoms with Crippen molar-refractivity contribution in [3.63, 3.8) is 0 Å². The number of anilines is 1. The van der Waals surface area contributed by atoms with Gasteiger partial charge in [0, 0.05) is 36.9 Å². The molecule has 1 saturated heterocycles. The zero-order valence-electron chi connectivity index (χ0n) is 14.9. The number of rotatable bonds is 5. The molecule has 1 unspecified atom stereocenters. The first-order valence-corrected chi connectivity index (χ1v) is 9.18. The number of hydrogen-bond acceptors (Lipinski definition) is 3. The molecule has 26 heavy (non-hydrogen) atoms. The topological polar surface area (TPSA) is 53.6 Å². The molecule has 0 spiro atoms. The molecule has 2 amide bonds. The number of nitrogens with zero attached hydrogens (tertiary/aromatic N) is 1. The molecule has 2 aromatic rings. The molecule has 2 aromatic carbocycles. The van der Waals surface area contributed by atoms with Gasteiger partial charge in [0.1, 0.15) is 0 Å². The first-order valence-electron chi connectivity index (χ1n) is 8.81. The quantitative estimate of drug-likeness (QED) is 0.836. The van der Waals surface area contributed by atoms with Crippen LogP contribution < -0.4 is 10.6 Å². The Morgan fingerprint density at radius 1 is 1.23 bits per heavy atom. The van der Waals surface area contributed by atoms with Gasteiger partial charge in [-0.25, -0.2) is 4.79 Å². The molecule has 1 heterocycles. The van der Waals surface area contributed by atoms with Crippen LogP contribution in [0.25, 0.3) is 0 Å². The van der Waals surface area contributed by atoms with Gasteiger partial charge in [0.05, 0.1) is 12.7 Å². The molecule has 5 nitrogen and oxygen atoms in total. The summed E-state index contributed by atoms with van der Waals surface area (Å²) in [5.74, 6) is 0. The molecule has 1 atom stereocenters. The molecule has 138 valence electrons. The number of morpholine rings is 1.